The fourth-order valence-corrected chi connectivity index (χ4v) is 4.73. The number of pyridine rings is 1. The van der Waals surface area contributed by atoms with Gasteiger partial charge in [-0.2, -0.15) is 0 Å². The van der Waals surface area contributed by atoms with Gasteiger partial charge in [-0.25, -0.2) is 15.0 Å². The maximum Gasteiger partial charge on any atom is 0.228 e. The number of ether oxygens (including phenoxy) is 1. The van der Waals surface area contributed by atoms with Gasteiger partial charge in [0, 0.05) is 36.3 Å². The van der Waals surface area contributed by atoms with E-state index < -0.39 is 0 Å². The summed E-state index contributed by atoms with van der Waals surface area (Å²) in [7, 11) is 1.79. The quantitative estimate of drug-likeness (QED) is 0.262. The summed E-state index contributed by atoms with van der Waals surface area (Å²) in [5.41, 5.74) is 7.10. The Hall–Kier alpha value is -4.85. The molecule has 188 valence electrons. The third-order valence-corrected chi connectivity index (χ3v) is 6.59. The molecule has 0 atom stereocenters. The number of nitrogens with zero attached hydrogens (tertiary/aromatic N) is 5. The molecule has 3 heterocycles. The highest BCUT2D eigenvalue weighted by atomic mass is 16.5. The second kappa shape index (κ2) is 10.6. The molecule has 0 spiro atoms. The monoisotopic (exact) mass is 501 g/mol. The summed E-state index contributed by atoms with van der Waals surface area (Å²) in [4.78, 5) is 13.1. The van der Waals surface area contributed by atoms with Crippen molar-refractivity contribution in [1.29, 1.82) is 0 Å². The van der Waals surface area contributed by atoms with Crippen molar-refractivity contribution in [3.05, 3.63) is 96.3 Å². The molecule has 2 N–H and O–H groups in total. The Bertz CT molecular complexity index is 1560. The number of nitrogens with one attached hydrogen (secondary N) is 2. The van der Waals surface area contributed by atoms with Crippen LogP contribution in [0, 0.1) is 0 Å². The first-order valence-electron chi connectivity index (χ1n) is 12.7. The number of fused-ring (bicyclic) bond motifs is 1. The smallest absolute Gasteiger partial charge is 0.228 e. The van der Waals surface area contributed by atoms with Crippen LogP contribution in [0.5, 0.6) is 11.6 Å². The summed E-state index contributed by atoms with van der Waals surface area (Å²) < 4.78 is 6.15. The van der Waals surface area contributed by atoms with Gasteiger partial charge in [-0.3, -0.25) is 0 Å². The van der Waals surface area contributed by atoms with E-state index in [9.17, 15) is 0 Å². The number of benzene rings is 2. The molecule has 0 aliphatic heterocycles. The Morgan fingerprint density at radius 2 is 1.58 bits per heavy atom. The average Bonchev–Trinajstić information content (AvgIpc) is 2.99. The van der Waals surface area contributed by atoms with E-state index in [1.807, 2.05) is 60.7 Å². The largest absolute Gasteiger partial charge is 0.438 e. The van der Waals surface area contributed by atoms with Crippen LogP contribution in [0.15, 0.2) is 85.2 Å². The normalized spacial score (nSPS) is 12.4. The van der Waals surface area contributed by atoms with Crippen molar-refractivity contribution >= 4 is 17.5 Å². The fourth-order valence-electron chi connectivity index (χ4n) is 4.73. The second-order valence-corrected chi connectivity index (χ2v) is 9.05. The van der Waals surface area contributed by atoms with Gasteiger partial charge < -0.3 is 15.4 Å². The first-order valence-corrected chi connectivity index (χ1v) is 12.7. The lowest BCUT2D eigenvalue weighted by molar-refractivity contribution is 0.465. The number of anilines is 3. The van der Waals surface area contributed by atoms with Crippen LogP contribution >= 0.6 is 0 Å². The highest BCUT2D eigenvalue weighted by Crippen LogP contribution is 2.35. The number of hydrogen-bond donors (Lipinski definition) is 2. The number of aromatic nitrogens is 5. The molecule has 1 aliphatic rings. The van der Waals surface area contributed by atoms with Crippen molar-refractivity contribution in [3.8, 4) is 34.1 Å². The van der Waals surface area contributed by atoms with E-state index in [1.54, 1.807) is 19.4 Å². The van der Waals surface area contributed by atoms with Crippen molar-refractivity contribution in [3.63, 3.8) is 0 Å². The molecule has 0 unspecified atom stereocenters. The van der Waals surface area contributed by atoms with Gasteiger partial charge in [0.1, 0.15) is 5.75 Å². The van der Waals surface area contributed by atoms with Gasteiger partial charge in [0.05, 0.1) is 17.0 Å². The van der Waals surface area contributed by atoms with E-state index in [2.05, 4.69) is 47.9 Å². The van der Waals surface area contributed by atoms with Crippen molar-refractivity contribution in [2.75, 3.05) is 17.7 Å². The molecule has 5 aromatic rings. The molecular formula is C30H27N7O. The summed E-state index contributed by atoms with van der Waals surface area (Å²) in [6.45, 7) is 0. The van der Waals surface area contributed by atoms with E-state index in [4.69, 9.17) is 4.74 Å². The molecule has 8 nitrogen and oxygen atoms in total. The van der Waals surface area contributed by atoms with Crippen LogP contribution < -0.4 is 15.4 Å². The van der Waals surface area contributed by atoms with Gasteiger partial charge in [0.2, 0.25) is 11.8 Å². The fraction of sp³-hybridized carbons (Fsp3) is 0.167. The third kappa shape index (κ3) is 4.88. The first-order chi connectivity index (χ1) is 18.8. The second-order valence-electron chi connectivity index (χ2n) is 9.05. The Labute approximate surface area is 221 Å². The van der Waals surface area contributed by atoms with Crippen LogP contribution in [0.4, 0.5) is 17.5 Å². The SMILES string of the molecule is CNc1nccc(-c2cccnc2Oc2ccc(Nc3nnc(-c4ccccc4)c4c3CCCC4)cc2)n1. The van der Waals surface area contributed by atoms with E-state index in [-0.39, 0.29) is 0 Å². The van der Waals surface area contributed by atoms with Crippen LogP contribution in [0.3, 0.4) is 0 Å². The molecule has 0 amide bonds. The minimum absolute atomic E-state index is 0.477. The summed E-state index contributed by atoms with van der Waals surface area (Å²) in [5.74, 6) is 2.51. The van der Waals surface area contributed by atoms with Crippen LogP contribution in [-0.2, 0) is 12.8 Å². The molecule has 38 heavy (non-hydrogen) atoms. The highest BCUT2D eigenvalue weighted by molar-refractivity contribution is 5.70. The van der Waals surface area contributed by atoms with E-state index in [0.29, 0.717) is 17.6 Å². The molecule has 3 aromatic heterocycles. The minimum Gasteiger partial charge on any atom is -0.438 e. The van der Waals surface area contributed by atoms with Gasteiger partial charge >= 0.3 is 0 Å². The number of hydrogen-bond acceptors (Lipinski definition) is 8. The topological polar surface area (TPSA) is 97.7 Å². The van der Waals surface area contributed by atoms with E-state index >= 15 is 0 Å². The summed E-state index contributed by atoms with van der Waals surface area (Å²) in [6.07, 6.45) is 7.75. The van der Waals surface area contributed by atoms with Crippen molar-refractivity contribution < 1.29 is 4.74 Å². The molecule has 0 saturated carbocycles. The summed E-state index contributed by atoms with van der Waals surface area (Å²) in [5, 5.41) is 15.7. The van der Waals surface area contributed by atoms with Crippen molar-refractivity contribution in [1.82, 2.24) is 25.1 Å². The minimum atomic E-state index is 0.477. The Morgan fingerprint density at radius 1 is 0.763 bits per heavy atom. The lowest BCUT2D eigenvalue weighted by Gasteiger charge is -2.21. The Kier molecular flexibility index (Phi) is 6.59. The first kappa shape index (κ1) is 23.5. The predicted molar refractivity (Wildman–Crippen MR) is 149 cm³/mol. The van der Waals surface area contributed by atoms with Crippen molar-refractivity contribution in [2.45, 2.75) is 25.7 Å². The molecule has 2 aromatic carbocycles. The zero-order valence-electron chi connectivity index (χ0n) is 21.1. The Morgan fingerprint density at radius 3 is 2.39 bits per heavy atom. The lowest BCUT2D eigenvalue weighted by Crippen LogP contribution is -2.12. The third-order valence-electron chi connectivity index (χ3n) is 6.59. The van der Waals surface area contributed by atoms with Gasteiger partial charge in [-0.1, -0.05) is 30.3 Å². The molecule has 8 heteroatoms. The van der Waals surface area contributed by atoms with Gasteiger partial charge in [0.15, 0.2) is 5.82 Å². The van der Waals surface area contributed by atoms with E-state index in [0.717, 1.165) is 53.3 Å². The zero-order chi connectivity index (χ0) is 25.7. The number of rotatable bonds is 7. The Balaban J connectivity index is 1.23. The summed E-state index contributed by atoms with van der Waals surface area (Å²) >= 11 is 0. The molecule has 6 rings (SSSR count). The van der Waals surface area contributed by atoms with Gasteiger partial charge in [-0.05, 0) is 73.7 Å². The molecule has 1 aliphatic carbocycles. The molecule has 0 fully saturated rings. The highest BCUT2D eigenvalue weighted by Gasteiger charge is 2.20. The predicted octanol–water partition coefficient (Wildman–Crippen LogP) is 6.45. The van der Waals surface area contributed by atoms with Crippen LogP contribution in [-0.4, -0.2) is 32.2 Å². The molecular weight excluding hydrogens is 474 g/mol. The summed E-state index contributed by atoms with van der Waals surface area (Å²) in [6, 6.07) is 23.7. The van der Waals surface area contributed by atoms with Gasteiger partial charge in [-0.15, -0.1) is 10.2 Å². The van der Waals surface area contributed by atoms with Crippen LogP contribution in [0.2, 0.25) is 0 Å². The van der Waals surface area contributed by atoms with Crippen LogP contribution in [0.1, 0.15) is 24.0 Å². The standard InChI is InChI=1S/C30H27N7O/c1-31-30-33-19-17-26(35-30)25-12-7-18-32-29(25)38-22-15-13-21(14-16-22)34-28-24-11-6-5-10-23(24)27(36-37-28)20-8-3-2-4-9-20/h2-4,7-9,12-19H,5-6,10-11H2,1H3,(H,34,37)(H,31,33,35). The lowest BCUT2D eigenvalue weighted by atomic mass is 9.89. The van der Waals surface area contributed by atoms with Gasteiger partial charge in [0.25, 0.3) is 0 Å². The molecule has 0 saturated heterocycles. The maximum atomic E-state index is 6.15. The maximum absolute atomic E-state index is 6.15. The molecule has 0 bridgehead atoms. The van der Waals surface area contributed by atoms with Crippen molar-refractivity contribution in [2.24, 2.45) is 0 Å². The molecule has 0 radical (unpaired) electrons. The zero-order valence-corrected chi connectivity index (χ0v) is 21.1. The average molecular weight is 502 g/mol. The van der Waals surface area contributed by atoms with E-state index in [1.165, 1.54) is 17.5 Å². The van der Waals surface area contributed by atoms with Crippen LogP contribution in [0.25, 0.3) is 22.5 Å².